The Morgan fingerprint density at radius 2 is 1.74 bits per heavy atom. The molecule has 0 amide bonds. The van der Waals surface area contributed by atoms with E-state index in [9.17, 15) is 14.1 Å². The summed E-state index contributed by atoms with van der Waals surface area (Å²) in [6.45, 7) is 5.97. The number of rotatable bonds is 2. The summed E-state index contributed by atoms with van der Waals surface area (Å²) in [5, 5.41) is 0. The molecule has 1 aromatic carbocycles. The van der Waals surface area contributed by atoms with Crippen LogP contribution in [-0.2, 0) is 6.54 Å². The molecule has 7 heteroatoms. The third-order valence-corrected chi connectivity index (χ3v) is 3.31. The standard InChI is InChI=1S/C12H18N2.Al.4FH/c1-11-13(2)8-9-14(11)10-12-6-4-3-5-7-12;;;;;/h3-7,11H,8-10H2,1-2H3;;4*1H/q;+3;;;;/p-3. The minimum atomic E-state index is -6.83. The van der Waals surface area contributed by atoms with Gasteiger partial charge in [-0.05, 0) is 7.05 Å². The number of nitrogens with zero attached hydrogens (tertiary/aromatic N) is 1. The molecule has 1 heterocycles. The summed E-state index contributed by atoms with van der Waals surface area (Å²) in [6.07, 6.45) is 0.662. The van der Waals surface area contributed by atoms with Gasteiger partial charge in [0.15, 0.2) is 0 Å². The van der Waals surface area contributed by atoms with Crippen molar-refractivity contribution < 1.29 is 19.0 Å². The monoisotopic (exact) mass is 294 g/mol. The number of quaternary nitrogens is 1. The Morgan fingerprint density at radius 3 is 2.16 bits per heavy atom. The second-order valence-corrected chi connectivity index (χ2v) is 5.71. The SMILES string of the molecule is CC1N(C)CC[NH+]1Cc1ccccc1.[F][Al-]([F])([F])[F]. The van der Waals surface area contributed by atoms with Gasteiger partial charge in [0.1, 0.15) is 12.7 Å². The minimum absolute atomic E-state index is 0.662. The molecular weight excluding hydrogens is 275 g/mol. The summed E-state index contributed by atoms with van der Waals surface area (Å²) in [7, 11) is 2.21. The van der Waals surface area contributed by atoms with Gasteiger partial charge >= 0.3 is 14.9 Å². The van der Waals surface area contributed by atoms with Gasteiger partial charge in [-0.15, -0.1) is 0 Å². The van der Waals surface area contributed by atoms with E-state index in [2.05, 4.69) is 49.2 Å². The molecule has 0 radical (unpaired) electrons. The molecular formula is C12H19AlF4N2. The van der Waals surface area contributed by atoms with Crippen LogP contribution in [0.1, 0.15) is 12.5 Å². The lowest BCUT2D eigenvalue weighted by Gasteiger charge is -2.20. The molecule has 1 aromatic rings. The first-order chi connectivity index (χ1) is 8.77. The van der Waals surface area contributed by atoms with Gasteiger partial charge in [-0.3, -0.25) is 4.90 Å². The summed E-state index contributed by atoms with van der Waals surface area (Å²) in [5.41, 5.74) is 1.45. The molecule has 0 saturated carbocycles. The van der Waals surface area contributed by atoms with Gasteiger partial charge in [-0.1, -0.05) is 30.3 Å². The normalized spacial score (nSPS) is 23.9. The van der Waals surface area contributed by atoms with Gasteiger partial charge < -0.3 is 19.0 Å². The first kappa shape index (κ1) is 16.4. The molecule has 19 heavy (non-hydrogen) atoms. The molecule has 2 rings (SSSR count). The van der Waals surface area contributed by atoms with Gasteiger partial charge in [0.05, 0.1) is 13.1 Å². The number of benzene rings is 1. The van der Waals surface area contributed by atoms with Crippen LogP contribution in [0.3, 0.4) is 0 Å². The average Bonchev–Trinajstić information content (AvgIpc) is 2.60. The molecule has 0 aliphatic carbocycles. The molecule has 2 atom stereocenters. The Hall–Kier alpha value is -0.608. The number of halogens is 4. The fourth-order valence-corrected chi connectivity index (χ4v) is 2.13. The maximum atomic E-state index is 9.85. The second-order valence-electron chi connectivity index (χ2n) is 4.72. The van der Waals surface area contributed by atoms with E-state index in [1.807, 2.05) is 0 Å². The van der Waals surface area contributed by atoms with E-state index in [1.165, 1.54) is 18.7 Å². The van der Waals surface area contributed by atoms with Gasteiger partial charge in [0.2, 0.25) is 0 Å². The quantitative estimate of drug-likeness (QED) is 0.644. The molecule has 1 aliphatic rings. The topological polar surface area (TPSA) is 7.68 Å². The second kappa shape index (κ2) is 7.25. The van der Waals surface area contributed by atoms with Crippen LogP contribution in [0.2, 0.25) is 0 Å². The number of hydrogen-bond donors (Lipinski definition) is 1. The van der Waals surface area contributed by atoms with Crippen molar-refractivity contribution in [2.24, 2.45) is 0 Å². The lowest BCUT2D eigenvalue weighted by molar-refractivity contribution is -0.929. The summed E-state index contributed by atoms with van der Waals surface area (Å²) < 4.78 is 39.4. The van der Waals surface area contributed by atoms with Crippen molar-refractivity contribution in [1.82, 2.24) is 4.90 Å². The Labute approximate surface area is 115 Å². The first-order valence-corrected chi connectivity index (χ1v) is 7.98. The van der Waals surface area contributed by atoms with Crippen LogP contribution in [0, 0.1) is 0 Å². The van der Waals surface area contributed by atoms with Crippen molar-refractivity contribution in [3.63, 3.8) is 0 Å². The highest BCUT2D eigenvalue weighted by Gasteiger charge is 2.41. The summed E-state index contributed by atoms with van der Waals surface area (Å²) >= 11 is -6.83. The van der Waals surface area contributed by atoms with Crippen LogP contribution in [-0.4, -0.2) is 46.1 Å². The zero-order valence-electron chi connectivity index (χ0n) is 11.1. The van der Waals surface area contributed by atoms with Crippen LogP contribution >= 0.6 is 0 Å². The maximum absolute atomic E-state index is 9.85. The molecule has 0 bridgehead atoms. The largest absolute Gasteiger partial charge is 1.04 e. The van der Waals surface area contributed by atoms with Crippen molar-refractivity contribution in [3.8, 4) is 0 Å². The molecule has 0 aromatic heterocycles. The Bertz CT molecular complexity index is 366. The Balaban J connectivity index is 0.000000312. The van der Waals surface area contributed by atoms with Crippen molar-refractivity contribution >= 4 is 14.9 Å². The summed E-state index contributed by atoms with van der Waals surface area (Å²) in [5.74, 6) is 0. The molecule has 1 N–H and O–H groups in total. The molecule has 1 fully saturated rings. The van der Waals surface area contributed by atoms with E-state index >= 15 is 0 Å². The highest BCUT2D eigenvalue weighted by Crippen LogP contribution is 2.06. The van der Waals surface area contributed by atoms with Crippen molar-refractivity contribution in [2.45, 2.75) is 19.6 Å². The lowest BCUT2D eigenvalue weighted by atomic mass is 10.2. The molecule has 2 nitrogen and oxygen atoms in total. The Kier molecular flexibility index (Phi) is 6.27. The molecule has 1 saturated heterocycles. The van der Waals surface area contributed by atoms with Crippen molar-refractivity contribution in [2.75, 3.05) is 20.1 Å². The van der Waals surface area contributed by atoms with Crippen molar-refractivity contribution in [1.29, 1.82) is 0 Å². The molecule has 108 valence electrons. The predicted octanol–water partition coefficient (Wildman–Crippen LogP) is 1.66. The predicted molar refractivity (Wildman–Crippen MR) is 68.3 cm³/mol. The van der Waals surface area contributed by atoms with E-state index in [0.717, 1.165) is 6.54 Å². The number of hydrogen-bond acceptors (Lipinski definition) is 1. The maximum Gasteiger partial charge on any atom is 1.04 e. The van der Waals surface area contributed by atoms with E-state index in [4.69, 9.17) is 0 Å². The third kappa shape index (κ3) is 6.93. The fourth-order valence-electron chi connectivity index (χ4n) is 2.13. The van der Waals surface area contributed by atoms with E-state index in [-0.39, 0.29) is 0 Å². The van der Waals surface area contributed by atoms with E-state index < -0.39 is 14.9 Å². The molecule has 0 spiro atoms. The fraction of sp³-hybridized carbons (Fsp3) is 0.500. The van der Waals surface area contributed by atoms with Crippen LogP contribution in [0.5, 0.6) is 0 Å². The van der Waals surface area contributed by atoms with Crippen LogP contribution < -0.4 is 4.90 Å². The Morgan fingerprint density at radius 1 is 1.21 bits per heavy atom. The molecule has 1 aliphatic heterocycles. The summed E-state index contributed by atoms with van der Waals surface area (Å²) in [4.78, 5) is 4.11. The lowest BCUT2D eigenvalue weighted by Crippen LogP contribution is -3.12. The van der Waals surface area contributed by atoms with Crippen molar-refractivity contribution in [3.05, 3.63) is 35.9 Å². The van der Waals surface area contributed by atoms with Gasteiger partial charge in [-0.25, -0.2) is 0 Å². The average molecular weight is 294 g/mol. The third-order valence-electron chi connectivity index (χ3n) is 3.31. The molecule has 2 unspecified atom stereocenters. The highest BCUT2D eigenvalue weighted by atomic mass is 27.5. The van der Waals surface area contributed by atoms with E-state index in [1.54, 1.807) is 4.90 Å². The smallest absolute Gasteiger partial charge is 0.510 e. The highest BCUT2D eigenvalue weighted by molar-refractivity contribution is 6.50. The van der Waals surface area contributed by atoms with E-state index in [0.29, 0.717) is 6.17 Å². The zero-order chi connectivity index (χ0) is 14.5. The van der Waals surface area contributed by atoms with Crippen LogP contribution in [0.15, 0.2) is 30.3 Å². The van der Waals surface area contributed by atoms with Crippen LogP contribution in [0.25, 0.3) is 0 Å². The zero-order valence-corrected chi connectivity index (χ0v) is 12.3. The van der Waals surface area contributed by atoms with Crippen LogP contribution in [0.4, 0.5) is 14.1 Å². The summed E-state index contributed by atoms with van der Waals surface area (Å²) in [6, 6.07) is 10.8. The van der Waals surface area contributed by atoms with Gasteiger partial charge in [-0.2, -0.15) is 0 Å². The minimum Gasteiger partial charge on any atom is -0.510 e. The van der Waals surface area contributed by atoms with Gasteiger partial charge in [0.25, 0.3) is 0 Å². The first-order valence-electron chi connectivity index (χ1n) is 6.23. The van der Waals surface area contributed by atoms with Gasteiger partial charge in [0, 0.05) is 12.5 Å². The number of likely N-dealkylation sites (N-methyl/N-ethyl adjacent to an activating group) is 1. The number of nitrogens with one attached hydrogen (secondary N) is 1.